The van der Waals surface area contributed by atoms with Gasteiger partial charge in [-0.1, -0.05) is 0 Å². The summed E-state index contributed by atoms with van der Waals surface area (Å²) in [6.45, 7) is 0.516. The van der Waals surface area contributed by atoms with Crippen LogP contribution in [0.1, 0.15) is 5.56 Å². The molecule has 0 aliphatic heterocycles. The Morgan fingerprint density at radius 3 is 2.36 bits per heavy atom. The summed E-state index contributed by atoms with van der Waals surface area (Å²) in [4.78, 5) is 0. The van der Waals surface area contributed by atoms with Gasteiger partial charge in [0.05, 0.1) is 14.2 Å². The molecular formula is C10H15NO3. The zero-order valence-electron chi connectivity index (χ0n) is 8.41. The highest BCUT2D eigenvalue weighted by Crippen LogP contribution is 2.33. The van der Waals surface area contributed by atoms with Gasteiger partial charge in [-0.25, -0.2) is 0 Å². The van der Waals surface area contributed by atoms with E-state index in [9.17, 15) is 5.11 Å². The lowest BCUT2D eigenvalue weighted by Gasteiger charge is -2.11. The standard InChI is InChI=1S/C10H15NO3/c1-13-9-6-10(14-2)8(12)5-7(9)3-4-11/h5-6,12H,3-4,11H2,1-2H3. The molecule has 4 nitrogen and oxygen atoms in total. The minimum Gasteiger partial charge on any atom is -0.504 e. The molecule has 1 rings (SSSR count). The summed E-state index contributed by atoms with van der Waals surface area (Å²) < 4.78 is 10.1. The molecule has 0 aromatic heterocycles. The molecule has 0 saturated heterocycles. The maximum absolute atomic E-state index is 9.52. The molecule has 1 aromatic rings. The number of ether oxygens (including phenoxy) is 2. The average molecular weight is 197 g/mol. The van der Waals surface area contributed by atoms with Crippen LogP contribution in [0.2, 0.25) is 0 Å². The number of hydrogen-bond acceptors (Lipinski definition) is 4. The lowest BCUT2D eigenvalue weighted by atomic mass is 10.1. The van der Waals surface area contributed by atoms with Crippen LogP contribution in [0, 0.1) is 0 Å². The zero-order valence-corrected chi connectivity index (χ0v) is 8.41. The quantitative estimate of drug-likeness (QED) is 0.753. The molecular weight excluding hydrogens is 182 g/mol. The van der Waals surface area contributed by atoms with E-state index in [4.69, 9.17) is 15.2 Å². The summed E-state index contributed by atoms with van der Waals surface area (Å²) in [7, 11) is 3.07. The normalized spacial score (nSPS) is 9.93. The Morgan fingerprint density at radius 2 is 1.86 bits per heavy atom. The first-order valence-electron chi connectivity index (χ1n) is 4.36. The molecule has 0 spiro atoms. The first-order chi connectivity index (χ1) is 6.72. The van der Waals surface area contributed by atoms with Crippen molar-refractivity contribution in [2.75, 3.05) is 20.8 Å². The maximum atomic E-state index is 9.52. The number of benzene rings is 1. The van der Waals surface area contributed by atoms with Crippen molar-refractivity contribution in [3.8, 4) is 17.2 Å². The van der Waals surface area contributed by atoms with Gasteiger partial charge in [0.2, 0.25) is 0 Å². The number of rotatable bonds is 4. The third-order valence-corrected chi connectivity index (χ3v) is 2.00. The molecule has 78 valence electrons. The summed E-state index contributed by atoms with van der Waals surface area (Å²) in [5.74, 6) is 1.20. The van der Waals surface area contributed by atoms with Crippen molar-refractivity contribution < 1.29 is 14.6 Å². The fourth-order valence-corrected chi connectivity index (χ4v) is 1.30. The monoisotopic (exact) mass is 197 g/mol. The number of methoxy groups -OCH3 is 2. The van der Waals surface area contributed by atoms with E-state index in [1.807, 2.05) is 0 Å². The minimum atomic E-state index is 0.108. The van der Waals surface area contributed by atoms with E-state index in [1.54, 1.807) is 19.2 Å². The van der Waals surface area contributed by atoms with Crippen molar-refractivity contribution in [2.24, 2.45) is 5.73 Å². The van der Waals surface area contributed by atoms with Crippen LogP contribution in [0.15, 0.2) is 12.1 Å². The molecule has 1 aromatic carbocycles. The van der Waals surface area contributed by atoms with Gasteiger partial charge in [0.1, 0.15) is 5.75 Å². The van der Waals surface area contributed by atoms with Crippen LogP contribution >= 0.6 is 0 Å². The highest BCUT2D eigenvalue weighted by Gasteiger charge is 2.09. The molecule has 0 aliphatic carbocycles. The summed E-state index contributed by atoms with van der Waals surface area (Å²) in [5.41, 5.74) is 6.32. The maximum Gasteiger partial charge on any atom is 0.164 e. The summed E-state index contributed by atoms with van der Waals surface area (Å²) in [6.07, 6.45) is 0.667. The molecule has 0 aliphatic rings. The molecule has 0 amide bonds. The van der Waals surface area contributed by atoms with Gasteiger partial charge >= 0.3 is 0 Å². The smallest absolute Gasteiger partial charge is 0.164 e. The average Bonchev–Trinajstić information content (AvgIpc) is 2.19. The van der Waals surface area contributed by atoms with E-state index in [-0.39, 0.29) is 5.75 Å². The molecule has 4 heteroatoms. The third kappa shape index (κ3) is 2.09. The predicted molar refractivity (Wildman–Crippen MR) is 54.0 cm³/mol. The lowest BCUT2D eigenvalue weighted by Crippen LogP contribution is -2.04. The SMILES string of the molecule is COc1cc(OC)c(CCN)cc1O. The second-order valence-corrected chi connectivity index (χ2v) is 2.87. The molecule has 0 fully saturated rings. The van der Waals surface area contributed by atoms with Crippen LogP contribution in [0.3, 0.4) is 0 Å². The van der Waals surface area contributed by atoms with Gasteiger partial charge in [0, 0.05) is 6.07 Å². The second-order valence-electron chi connectivity index (χ2n) is 2.87. The molecule has 0 radical (unpaired) electrons. The van der Waals surface area contributed by atoms with Crippen LogP contribution in [0.5, 0.6) is 17.2 Å². The van der Waals surface area contributed by atoms with E-state index in [1.165, 1.54) is 7.11 Å². The van der Waals surface area contributed by atoms with Crippen molar-refractivity contribution >= 4 is 0 Å². The van der Waals surface area contributed by atoms with Crippen molar-refractivity contribution in [3.63, 3.8) is 0 Å². The molecule has 0 bridgehead atoms. The second kappa shape index (κ2) is 4.72. The fourth-order valence-electron chi connectivity index (χ4n) is 1.30. The van der Waals surface area contributed by atoms with E-state index < -0.39 is 0 Å². The number of aromatic hydroxyl groups is 1. The molecule has 3 N–H and O–H groups in total. The first kappa shape index (κ1) is 10.7. The van der Waals surface area contributed by atoms with Gasteiger partial charge in [-0.05, 0) is 24.6 Å². The summed E-state index contributed by atoms with van der Waals surface area (Å²) in [6, 6.07) is 3.27. The molecule has 14 heavy (non-hydrogen) atoms. The van der Waals surface area contributed by atoms with Crippen LogP contribution in [0.25, 0.3) is 0 Å². The Hall–Kier alpha value is -1.42. The van der Waals surface area contributed by atoms with E-state index in [2.05, 4.69) is 0 Å². The lowest BCUT2D eigenvalue weighted by molar-refractivity contribution is 0.362. The van der Waals surface area contributed by atoms with Gasteiger partial charge in [-0.3, -0.25) is 0 Å². The number of nitrogens with two attached hydrogens (primary N) is 1. The molecule has 0 heterocycles. The van der Waals surface area contributed by atoms with E-state index >= 15 is 0 Å². The molecule has 0 saturated carbocycles. The Bertz CT molecular complexity index is 312. The van der Waals surface area contributed by atoms with E-state index in [0.29, 0.717) is 24.5 Å². The number of hydrogen-bond donors (Lipinski definition) is 2. The Balaban J connectivity index is 3.10. The largest absolute Gasteiger partial charge is 0.504 e. The van der Waals surface area contributed by atoms with Crippen LogP contribution < -0.4 is 15.2 Å². The van der Waals surface area contributed by atoms with Crippen LogP contribution in [0.4, 0.5) is 0 Å². The fraction of sp³-hybridized carbons (Fsp3) is 0.400. The Morgan fingerprint density at radius 1 is 1.21 bits per heavy atom. The molecule has 0 unspecified atom stereocenters. The van der Waals surface area contributed by atoms with Crippen molar-refractivity contribution in [2.45, 2.75) is 6.42 Å². The third-order valence-electron chi connectivity index (χ3n) is 2.00. The number of phenolic OH excluding ortho intramolecular Hbond substituents is 1. The van der Waals surface area contributed by atoms with Gasteiger partial charge in [0.15, 0.2) is 11.5 Å². The molecule has 0 atom stereocenters. The van der Waals surface area contributed by atoms with Crippen molar-refractivity contribution in [1.29, 1.82) is 0 Å². The van der Waals surface area contributed by atoms with Gasteiger partial charge < -0.3 is 20.3 Å². The number of phenols is 1. The zero-order chi connectivity index (χ0) is 10.6. The summed E-state index contributed by atoms with van der Waals surface area (Å²) in [5, 5.41) is 9.52. The van der Waals surface area contributed by atoms with Gasteiger partial charge in [-0.2, -0.15) is 0 Å². The van der Waals surface area contributed by atoms with Crippen LogP contribution in [-0.4, -0.2) is 25.9 Å². The summed E-state index contributed by atoms with van der Waals surface area (Å²) >= 11 is 0. The predicted octanol–water partition coefficient (Wildman–Crippen LogP) is 0.911. The van der Waals surface area contributed by atoms with Crippen molar-refractivity contribution in [3.05, 3.63) is 17.7 Å². The highest BCUT2D eigenvalue weighted by atomic mass is 16.5. The minimum absolute atomic E-state index is 0.108. The highest BCUT2D eigenvalue weighted by molar-refractivity contribution is 5.50. The van der Waals surface area contributed by atoms with Crippen LogP contribution in [-0.2, 0) is 6.42 Å². The van der Waals surface area contributed by atoms with Crippen molar-refractivity contribution in [1.82, 2.24) is 0 Å². The topological polar surface area (TPSA) is 64.7 Å². The first-order valence-corrected chi connectivity index (χ1v) is 4.36. The Labute approximate surface area is 83.3 Å². The van der Waals surface area contributed by atoms with Gasteiger partial charge in [-0.15, -0.1) is 0 Å². The Kier molecular flexibility index (Phi) is 3.59. The van der Waals surface area contributed by atoms with Gasteiger partial charge in [0.25, 0.3) is 0 Å². The van der Waals surface area contributed by atoms with E-state index in [0.717, 1.165) is 5.56 Å².